The standard InChI is InChI=1S/C11H11ClOS/c1-2-7-5-8(6-12)10(13)9-3-4-14-11(7)9/h3-5,13H,2,6H2,1H3. The minimum atomic E-state index is 0.341. The largest absolute Gasteiger partial charge is 0.507 e. The number of phenols is 1. The monoisotopic (exact) mass is 226 g/mol. The first kappa shape index (κ1) is 9.81. The van der Waals surface area contributed by atoms with E-state index in [2.05, 4.69) is 6.92 Å². The maximum absolute atomic E-state index is 9.88. The molecule has 1 aromatic heterocycles. The van der Waals surface area contributed by atoms with E-state index in [1.165, 1.54) is 10.3 Å². The molecule has 0 atom stereocenters. The number of alkyl halides is 1. The normalized spacial score (nSPS) is 11.0. The van der Waals surface area contributed by atoms with Gasteiger partial charge in [0.05, 0.1) is 5.88 Å². The SMILES string of the molecule is CCc1cc(CCl)c(O)c2ccsc12. The van der Waals surface area contributed by atoms with E-state index in [1.54, 1.807) is 11.3 Å². The van der Waals surface area contributed by atoms with E-state index in [4.69, 9.17) is 11.6 Å². The molecular weight excluding hydrogens is 216 g/mol. The number of rotatable bonds is 2. The Labute approximate surface area is 91.9 Å². The molecule has 0 aliphatic rings. The number of aromatic hydroxyl groups is 1. The predicted octanol–water partition coefficient (Wildman–Crippen LogP) is 3.91. The van der Waals surface area contributed by atoms with Gasteiger partial charge in [0.25, 0.3) is 0 Å². The van der Waals surface area contributed by atoms with Crippen molar-refractivity contribution < 1.29 is 5.11 Å². The minimum Gasteiger partial charge on any atom is -0.507 e. The number of aryl methyl sites for hydroxylation is 1. The number of benzene rings is 1. The summed E-state index contributed by atoms with van der Waals surface area (Å²) >= 11 is 7.44. The topological polar surface area (TPSA) is 20.2 Å². The molecule has 0 aliphatic heterocycles. The molecule has 1 nitrogen and oxygen atoms in total. The fourth-order valence-electron chi connectivity index (χ4n) is 1.63. The van der Waals surface area contributed by atoms with Gasteiger partial charge in [0.1, 0.15) is 5.75 Å². The van der Waals surface area contributed by atoms with E-state index < -0.39 is 0 Å². The average Bonchev–Trinajstić information content (AvgIpc) is 2.68. The van der Waals surface area contributed by atoms with Crippen LogP contribution < -0.4 is 0 Å². The maximum atomic E-state index is 9.88. The summed E-state index contributed by atoms with van der Waals surface area (Å²) in [6.07, 6.45) is 0.973. The second-order valence-electron chi connectivity index (χ2n) is 3.19. The van der Waals surface area contributed by atoms with Crippen LogP contribution in [0.25, 0.3) is 10.1 Å². The van der Waals surface area contributed by atoms with Crippen molar-refractivity contribution in [2.45, 2.75) is 19.2 Å². The molecule has 0 saturated carbocycles. The molecule has 2 rings (SSSR count). The van der Waals surface area contributed by atoms with Crippen molar-refractivity contribution in [3.63, 3.8) is 0 Å². The summed E-state index contributed by atoms with van der Waals surface area (Å²) < 4.78 is 1.18. The van der Waals surface area contributed by atoms with Gasteiger partial charge in [0.2, 0.25) is 0 Å². The molecule has 0 radical (unpaired) electrons. The number of thiophene rings is 1. The summed E-state index contributed by atoms with van der Waals surface area (Å²) in [6, 6.07) is 3.95. The molecule has 0 fully saturated rings. The number of fused-ring (bicyclic) bond motifs is 1. The quantitative estimate of drug-likeness (QED) is 0.770. The van der Waals surface area contributed by atoms with Crippen molar-refractivity contribution in [3.05, 3.63) is 28.6 Å². The first-order valence-corrected chi connectivity index (χ1v) is 5.96. The summed E-state index contributed by atoms with van der Waals surface area (Å²) in [5.74, 6) is 0.707. The van der Waals surface area contributed by atoms with Gasteiger partial charge >= 0.3 is 0 Å². The van der Waals surface area contributed by atoms with E-state index in [1.807, 2.05) is 17.5 Å². The fraction of sp³-hybridized carbons (Fsp3) is 0.273. The lowest BCUT2D eigenvalue weighted by atomic mass is 10.1. The molecule has 74 valence electrons. The lowest BCUT2D eigenvalue weighted by Gasteiger charge is -2.06. The Bertz CT molecular complexity index is 462. The van der Waals surface area contributed by atoms with Crippen LogP contribution >= 0.6 is 22.9 Å². The molecule has 1 N–H and O–H groups in total. The Kier molecular flexibility index (Phi) is 2.66. The Morgan fingerprint density at radius 2 is 2.21 bits per heavy atom. The van der Waals surface area contributed by atoms with Crippen molar-refractivity contribution in [1.82, 2.24) is 0 Å². The van der Waals surface area contributed by atoms with Crippen LogP contribution in [0.1, 0.15) is 18.1 Å². The molecule has 0 bridgehead atoms. The molecule has 2 aromatic rings. The van der Waals surface area contributed by atoms with Gasteiger partial charge in [-0.1, -0.05) is 6.92 Å². The van der Waals surface area contributed by atoms with Crippen LogP contribution in [-0.4, -0.2) is 5.11 Å². The Hall–Kier alpha value is -0.730. The second kappa shape index (κ2) is 3.79. The molecule has 0 unspecified atom stereocenters. The second-order valence-corrected chi connectivity index (χ2v) is 4.38. The molecule has 14 heavy (non-hydrogen) atoms. The lowest BCUT2D eigenvalue weighted by molar-refractivity contribution is 0.477. The third-order valence-corrected chi connectivity index (χ3v) is 3.67. The summed E-state index contributed by atoms with van der Waals surface area (Å²) in [4.78, 5) is 0. The summed E-state index contributed by atoms with van der Waals surface area (Å²) in [5, 5.41) is 12.8. The number of hydrogen-bond donors (Lipinski definition) is 1. The minimum absolute atomic E-state index is 0.341. The van der Waals surface area contributed by atoms with E-state index in [-0.39, 0.29) is 0 Å². The Balaban J connectivity index is 2.80. The van der Waals surface area contributed by atoms with Gasteiger partial charge in [-0.3, -0.25) is 0 Å². The van der Waals surface area contributed by atoms with Crippen LogP contribution in [0.2, 0.25) is 0 Å². The molecular formula is C11H11ClOS. The van der Waals surface area contributed by atoms with Crippen molar-refractivity contribution in [3.8, 4) is 5.75 Å². The maximum Gasteiger partial charge on any atom is 0.128 e. The van der Waals surface area contributed by atoms with Gasteiger partial charge in [-0.25, -0.2) is 0 Å². The van der Waals surface area contributed by atoms with Crippen LogP contribution in [0.4, 0.5) is 0 Å². The number of hydrogen-bond acceptors (Lipinski definition) is 2. The Morgan fingerprint density at radius 3 is 2.86 bits per heavy atom. The zero-order valence-electron chi connectivity index (χ0n) is 7.88. The lowest BCUT2D eigenvalue weighted by Crippen LogP contribution is -1.86. The van der Waals surface area contributed by atoms with Crippen LogP contribution in [0, 0.1) is 0 Å². The highest BCUT2D eigenvalue weighted by molar-refractivity contribution is 7.17. The van der Waals surface area contributed by atoms with Gasteiger partial charge in [0, 0.05) is 15.6 Å². The van der Waals surface area contributed by atoms with Crippen LogP contribution in [0.5, 0.6) is 5.75 Å². The van der Waals surface area contributed by atoms with Crippen molar-refractivity contribution in [1.29, 1.82) is 0 Å². The van der Waals surface area contributed by atoms with Gasteiger partial charge in [-0.2, -0.15) is 0 Å². The van der Waals surface area contributed by atoms with Gasteiger partial charge < -0.3 is 5.11 Å². The Morgan fingerprint density at radius 1 is 1.43 bits per heavy atom. The molecule has 0 aliphatic carbocycles. The fourth-order valence-corrected chi connectivity index (χ4v) is 2.82. The first-order chi connectivity index (χ1) is 6.77. The summed E-state index contributed by atoms with van der Waals surface area (Å²) in [6.45, 7) is 2.11. The zero-order valence-corrected chi connectivity index (χ0v) is 9.45. The van der Waals surface area contributed by atoms with Gasteiger partial charge in [-0.05, 0) is 29.5 Å². The third-order valence-electron chi connectivity index (χ3n) is 2.39. The van der Waals surface area contributed by atoms with Gasteiger partial charge in [-0.15, -0.1) is 22.9 Å². The zero-order chi connectivity index (χ0) is 10.1. The van der Waals surface area contributed by atoms with Gasteiger partial charge in [0.15, 0.2) is 0 Å². The molecule has 3 heteroatoms. The van der Waals surface area contributed by atoms with Crippen LogP contribution in [0.3, 0.4) is 0 Å². The molecule has 0 spiro atoms. The number of phenolic OH excluding ortho intramolecular Hbond substituents is 1. The highest BCUT2D eigenvalue weighted by Crippen LogP contribution is 2.36. The molecule has 0 amide bonds. The van der Waals surface area contributed by atoms with Crippen LogP contribution in [-0.2, 0) is 12.3 Å². The van der Waals surface area contributed by atoms with E-state index in [9.17, 15) is 5.11 Å². The van der Waals surface area contributed by atoms with E-state index in [0.29, 0.717) is 11.6 Å². The molecule has 0 saturated heterocycles. The van der Waals surface area contributed by atoms with Crippen molar-refractivity contribution >= 4 is 33.0 Å². The highest BCUT2D eigenvalue weighted by Gasteiger charge is 2.10. The number of halogens is 1. The van der Waals surface area contributed by atoms with E-state index in [0.717, 1.165) is 17.4 Å². The summed E-state index contributed by atoms with van der Waals surface area (Å²) in [5.41, 5.74) is 2.10. The molecule has 1 heterocycles. The smallest absolute Gasteiger partial charge is 0.128 e. The first-order valence-electron chi connectivity index (χ1n) is 4.54. The summed E-state index contributed by atoms with van der Waals surface area (Å²) in [7, 11) is 0. The predicted molar refractivity (Wildman–Crippen MR) is 62.4 cm³/mol. The average molecular weight is 227 g/mol. The van der Waals surface area contributed by atoms with Crippen molar-refractivity contribution in [2.24, 2.45) is 0 Å². The molecule has 1 aromatic carbocycles. The third kappa shape index (κ3) is 1.39. The van der Waals surface area contributed by atoms with Crippen molar-refractivity contribution in [2.75, 3.05) is 0 Å². The van der Waals surface area contributed by atoms with E-state index >= 15 is 0 Å². The highest BCUT2D eigenvalue weighted by atomic mass is 35.5. The van der Waals surface area contributed by atoms with Crippen LogP contribution in [0.15, 0.2) is 17.5 Å².